The van der Waals surface area contributed by atoms with E-state index in [1.165, 1.54) is 5.56 Å². The molecule has 0 amide bonds. The summed E-state index contributed by atoms with van der Waals surface area (Å²) in [6.45, 7) is 5.97. The third-order valence-electron chi connectivity index (χ3n) is 4.76. The molecule has 0 spiro atoms. The molecule has 0 bridgehead atoms. The fourth-order valence-corrected chi connectivity index (χ4v) is 3.05. The van der Waals surface area contributed by atoms with Gasteiger partial charge in [0.15, 0.2) is 5.96 Å². The summed E-state index contributed by atoms with van der Waals surface area (Å²) in [6.07, 6.45) is 1.72. The lowest BCUT2D eigenvalue weighted by atomic mass is 10.1. The number of benzene rings is 2. The van der Waals surface area contributed by atoms with Crippen LogP contribution in [0, 0.1) is 6.92 Å². The van der Waals surface area contributed by atoms with E-state index >= 15 is 0 Å². The number of ether oxygens (including phenoxy) is 4. The fraction of sp³-hybridized carbons (Fsp3) is 0.480. The molecule has 0 saturated carbocycles. The zero-order valence-electron chi connectivity index (χ0n) is 19.8. The topological polar surface area (TPSA) is 73.3 Å². The Kier molecular flexibility index (Phi) is 12.0. The van der Waals surface area contributed by atoms with E-state index in [0.717, 1.165) is 41.4 Å². The van der Waals surface area contributed by atoms with E-state index in [4.69, 9.17) is 18.9 Å². The van der Waals surface area contributed by atoms with E-state index in [2.05, 4.69) is 46.8 Å². The van der Waals surface area contributed by atoms with Crippen molar-refractivity contribution >= 4 is 5.96 Å². The summed E-state index contributed by atoms with van der Waals surface area (Å²) in [5, 5.41) is 6.73. The fourth-order valence-electron chi connectivity index (χ4n) is 3.05. The Bertz CT molecular complexity index is 827. The summed E-state index contributed by atoms with van der Waals surface area (Å²) in [5.41, 5.74) is 3.37. The Morgan fingerprint density at radius 3 is 2.28 bits per heavy atom. The highest BCUT2D eigenvalue weighted by molar-refractivity contribution is 5.79. The quantitative estimate of drug-likeness (QED) is 0.264. The second-order valence-corrected chi connectivity index (χ2v) is 7.43. The maximum atomic E-state index is 5.97. The zero-order chi connectivity index (χ0) is 23.0. The average molecular weight is 444 g/mol. The van der Waals surface area contributed by atoms with Gasteiger partial charge < -0.3 is 29.6 Å². The Morgan fingerprint density at radius 1 is 0.844 bits per heavy atom. The van der Waals surface area contributed by atoms with Gasteiger partial charge in [0.25, 0.3) is 0 Å². The minimum absolute atomic E-state index is 0.613. The molecule has 176 valence electrons. The average Bonchev–Trinajstić information content (AvgIpc) is 2.81. The summed E-state index contributed by atoms with van der Waals surface area (Å²) in [5.74, 6) is 2.47. The number of hydrogen-bond donors (Lipinski definition) is 2. The zero-order valence-corrected chi connectivity index (χ0v) is 19.8. The van der Waals surface area contributed by atoms with Crippen LogP contribution in [0.15, 0.2) is 47.5 Å². The Labute approximate surface area is 192 Å². The van der Waals surface area contributed by atoms with Crippen LogP contribution < -0.4 is 20.1 Å². The number of methoxy groups -OCH3 is 2. The van der Waals surface area contributed by atoms with Crippen molar-refractivity contribution in [2.24, 2.45) is 4.99 Å². The molecule has 0 saturated heterocycles. The molecule has 0 aliphatic heterocycles. The van der Waals surface area contributed by atoms with Gasteiger partial charge in [-0.3, -0.25) is 4.99 Å². The van der Waals surface area contributed by atoms with Gasteiger partial charge in [-0.15, -0.1) is 0 Å². The lowest BCUT2D eigenvalue weighted by Crippen LogP contribution is -2.36. The molecule has 0 aliphatic carbocycles. The van der Waals surface area contributed by atoms with Crippen LogP contribution in [-0.4, -0.2) is 53.7 Å². The molecule has 2 aromatic carbocycles. The van der Waals surface area contributed by atoms with Crippen LogP contribution in [0.1, 0.15) is 29.5 Å². The Balaban J connectivity index is 1.86. The summed E-state index contributed by atoms with van der Waals surface area (Å²) in [4.78, 5) is 4.34. The number of guanidine groups is 1. The minimum atomic E-state index is 0.613. The molecule has 2 aromatic rings. The number of nitrogens with one attached hydrogen (secondary N) is 2. The third kappa shape index (κ3) is 9.58. The van der Waals surface area contributed by atoms with E-state index in [9.17, 15) is 0 Å². The van der Waals surface area contributed by atoms with Gasteiger partial charge >= 0.3 is 0 Å². The van der Waals surface area contributed by atoms with E-state index in [1.807, 2.05) is 18.2 Å². The number of nitrogens with zero attached hydrogens (tertiary/aromatic N) is 1. The van der Waals surface area contributed by atoms with Crippen molar-refractivity contribution in [3.8, 4) is 11.5 Å². The normalized spacial score (nSPS) is 11.3. The summed E-state index contributed by atoms with van der Waals surface area (Å²) in [7, 11) is 5.16. The van der Waals surface area contributed by atoms with E-state index in [0.29, 0.717) is 39.5 Å². The molecule has 2 rings (SSSR count). The monoisotopic (exact) mass is 443 g/mol. The molecule has 7 nitrogen and oxygen atoms in total. The van der Waals surface area contributed by atoms with E-state index in [1.54, 1.807) is 21.3 Å². The second kappa shape index (κ2) is 15.1. The highest BCUT2D eigenvalue weighted by Gasteiger charge is 2.07. The van der Waals surface area contributed by atoms with Crippen molar-refractivity contribution in [2.75, 3.05) is 47.7 Å². The summed E-state index contributed by atoms with van der Waals surface area (Å²) >= 11 is 0. The molecule has 0 atom stereocenters. The predicted octanol–water partition coefficient (Wildman–Crippen LogP) is 3.69. The van der Waals surface area contributed by atoms with Crippen LogP contribution in [0.3, 0.4) is 0 Å². The molecule has 0 unspecified atom stereocenters. The van der Waals surface area contributed by atoms with Crippen LogP contribution in [0.4, 0.5) is 0 Å². The smallest absolute Gasteiger partial charge is 0.191 e. The van der Waals surface area contributed by atoms with Crippen molar-refractivity contribution in [1.29, 1.82) is 0 Å². The Hall–Kier alpha value is -2.77. The standard InChI is InChI=1S/C25H37N3O4/c1-20-10-11-22(24(16-20)32-15-7-13-30-4)19-28-25(26-2)27-18-21-8-5-9-23(17-21)31-14-6-12-29-3/h5,8-11,16-17H,6-7,12-15,18-19H2,1-4H3,(H2,26,27,28). The molecular formula is C25H37N3O4. The van der Waals surface area contributed by atoms with Gasteiger partial charge in [0, 0.05) is 66.0 Å². The molecule has 32 heavy (non-hydrogen) atoms. The second-order valence-electron chi connectivity index (χ2n) is 7.43. The number of rotatable bonds is 14. The first-order valence-corrected chi connectivity index (χ1v) is 11.0. The van der Waals surface area contributed by atoms with Crippen LogP contribution in [-0.2, 0) is 22.6 Å². The maximum Gasteiger partial charge on any atom is 0.191 e. The number of aryl methyl sites for hydroxylation is 1. The minimum Gasteiger partial charge on any atom is -0.493 e. The summed E-state index contributed by atoms with van der Waals surface area (Å²) in [6, 6.07) is 14.3. The van der Waals surface area contributed by atoms with Gasteiger partial charge in [-0.25, -0.2) is 0 Å². The molecule has 0 aromatic heterocycles. The van der Waals surface area contributed by atoms with Gasteiger partial charge in [0.2, 0.25) is 0 Å². The van der Waals surface area contributed by atoms with Crippen molar-refractivity contribution in [2.45, 2.75) is 32.9 Å². The molecule has 0 aliphatic rings. The Morgan fingerprint density at radius 2 is 1.56 bits per heavy atom. The first kappa shape index (κ1) is 25.5. The SMILES string of the molecule is CN=C(NCc1cccc(OCCCOC)c1)NCc1ccc(C)cc1OCCCOC. The van der Waals surface area contributed by atoms with E-state index < -0.39 is 0 Å². The number of aliphatic imine (C=N–C) groups is 1. The molecule has 2 N–H and O–H groups in total. The van der Waals surface area contributed by atoms with Crippen molar-refractivity contribution in [3.05, 3.63) is 59.2 Å². The van der Waals surface area contributed by atoms with Gasteiger partial charge in [-0.05, 0) is 36.2 Å². The third-order valence-corrected chi connectivity index (χ3v) is 4.76. The molecule has 0 radical (unpaired) electrons. The van der Waals surface area contributed by atoms with Crippen LogP contribution in [0.25, 0.3) is 0 Å². The van der Waals surface area contributed by atoms with Gasteiger partial charge in [0.1, 0.15) is 11.5 Å². The molecule has 7 heteroatoms. The lowest BCUT2D eigenvalue weighted by Gasteiger charge is -2.16. The number of hydrogen-bond acceptors (Lipinski definition) is 5. The molecule has 0 fully saturated rings. The highest BCUT2D eigenvalue weighted by Crippen LogP contribution is 2.20. The lowest BCUT2D eigenvalue weighted by molar-refractivity contribution is 0.171. The van der Waals surface area contributed by atoms with Crippen LogP contribution in [0.2, 0.25) is 0 Å². The van der Waals surface area contributed by atoms with Gasteiger partial charge in [-0.1, -0.05) is 24.3 Å². The van der Waals surface area contributed by atoms with Gasteiger partial charge in [0.05, 0.1) is 13.2 Å². The van der Waals surface area contributed by atoms with Crippen LogP contribution in [0.5, 0.6) is 11.5 Å². The first-order chi connectivity index (χ1) is 15.7. The largest absolute Gasteiger partial charge is 0.493 e. The van der Waals surface area contributed by atoms with Crippen molar-refractivity contribution in [1.82, 2.24) is 10.6 Å². The molecule has 0 heterocycles. The maximum absolute atomic E-state index is 5.97. The van der Waals surface area contributed by atoms with Crippen LogP contribution >= 0.6 is 0 Å². The predicted molar refractivity (Wildman–Crippen MR) is 129 cm³/mol. The van der Waals surface area contributed by atoms with Crippen molar-refractivity contribution < 1.29 is 18.9 Å². The first-order valence-electron chi connectivity index (χ1n) is 11.0. The summed E-state index contributed by atoms with van der Waals surface area (Å²) < 4.78 is 21.9. The highest BCUT2D eigenvalue weighted by atomic mass is 16.5. The van der Waals surface area contributed by atoms with Crippen molar-refractivity contribution in [3.63, 3.8) is 0 Å². The van der Waals surface area contributed by atoms with Gasteiger partial charge in [-0.2, -0.15) is 0 Å². The molecular weight excluding hydrogens is 406 g/mol. The van der Waals surface area contributed by atoms with E-state index in [-0.39, 0.29) is 0 Å².